The van der Waals surface area contributed by atoms with Crippen LogP contribution in [0.25, 0.3) is 0 Å². The maximum atomic E-state index is 13.1. The van der Waals surface area contributed by atoms with Crippen molar-refractivity contribution in [1.82, 2.24) is 10.2 Å². The van der Waals surface area contributed by atoms with Gasteiger partial charge in [0, 0.05) is 25.7 Å². The molecule has 0 aliphatic carbocycles. The zero-order valence-electron chi connectivity index (χ0n) is 17.0. The maximum absolute atomic E-state index is 13.1. The number of hydrogen-bond acceptors (Lipinski definition) is 5. The van der Waals surface area contributed by atoms with Gasteiger partial charge < -0.3 is 19.9 Å². The van der Waals surface area contributed by atoms with E-state index < -0.39 is 24.3 Å². The number of carbonyl (C=O) groups is 2. The van der Waals surface area contributed by atoms with Gasteiger partial charge in [0.2, 0.25) is 0 Å². The fraction of sp³-hybridized carbons (Fsp3) is 0.368. The largest absolute Gasteiger partial charge is 0.490 e. The lowest BCUT2D eigenvalue weighted by atomic mass is 10.0. The highest BCUT2D eigenvalue weighted by molar-refractivity contribution is 9.10. The first-order valence-corrected chi connectivity index (χ1v) is 9.94. The Morgan fingerprint density at radius 3 is 1.97 bits per heavy atom. The van der Waals surface area contributed by atoms with E-state index >= 15 is 0 Å². The number of nitrogens with zero attached hydrogens (tertiary/aromatic N) is 1. The Labute approximate surface area is 196 Å². The summed E-state index contributed by atoms with van der Waals surface area (Å²) in [6.07, 6.45) is -8.47. The van der Waals surface area contributed by atoms with Crippen molar-refractivity contribution in [1.29, 1.82) is 0 Å². The Morgan fingerprint density at radius 2 is 1.56 bits per heavy atom. The molecule has 1 aliphatic heterocycles. The molecule has 2 heterocycles. The predicted octanol–water partition coefficient (Wildman–Crippen LogP) is 4.59. The molecule has 1 atom stereocenters. The molecule has 0 spiro atoms. The Bertz CT molecular complexity index is 908. The minimum absolute atomic E-state index is 0.195. The van der Waals surface area contributed by atoms with Crippen molar-refractivity contribution >= 4 is 27.9 Å². The van der Waals surface area contributed by atoms with Crippen molar-refractivity contribution in [2.45, 2.75) is 24.9 Å². The summed E-state index contributed by atoms with van der Waals surface area (Å²) in [5, 5.41) is 17.6. The number of aliphatic carboxylic acids is 2. The van der Waals surface area contributed by atoms with Gasteiger partial charge in [-0.15, -0.1) is 0 Å². The number of furan rings is 1. The Hall–Kier alpha value is -2.65. The summed E-state index contributed by atoms with van der Waals surface area (Å²) >= 11 is 3.40. The minimum atomic E-state index is -5.08. The minimum Gasteiger partial charge on any atom is -0.475 e. The van der Waals surface area contributed by atoms with Crippen molar-refractivity contribution in [2.75, 3.05) is 19.6 Å². The number of rotatable bonds is 3. The smallest absolute Gasteiger partial charge is 0.475 e. The second kappa shape index (κ2) is 12.7. The second-order valence-corrected chi connectivity index (χ2v) is 7.49. The second-order valence-electron chi connectivity index (χ2n) is 6.58. The van der Waals surface area contributed by atoms with Gasteiger partial charge in [-0.3, -0.25) is 4.90 Å². The van der Waals surface area contributed by atoms with Crippen LogP contribution in [0.5, 0.6) is 0 Å². The summed E-state index contributed by atoms with van der Waals surface area (Å²) in [7, 11) is 0. The molecule has 1 fully saturated rings. The molecule has 1 aromatic carbocycles. The summed E-state index contributed by atoms with van der Waals surface area (Å²) < 4.78 is 83.0. The molecule has 0 unspecified atom stereocenters. The number of piperazine rings is 1. The Morgan fingerprint density at radius 1 is 1.06 bits per heavy atom. The molecule has 1 saturated heterocycles. The van der Waals surface area contributed by atoms with Crippen molar-refractivity contribution in [3.05, 3.63) is 58.2 Å². The van der Waals surface area contributed by atoms with Crippen LogP contribution in [0.1, 0.15) is 17.4 Å². The maximum Gasteiger partial charge on any atom is 0.490 e. The van der Waals surface area contributed by atoms with E-state index in [1.54, 1.807) is 6.26 Å². The van der Waals surface area contributed by atoms with Gasteiger partial charge in [0.05, 0.1) is 11.0 Å². The zero-order valence-corrected chi connectivity index (χ0v) is 18.5. The number of hydrogen-bond donors (Lipinski definition) is 3. The number of nitrogens with one attached hydrogen (secondary N) is 1. The third kappa shape index (κ3) is 10.5. The Kier molecular flexibility index (Phi) is 11.0. The summed E-state index contributed by atoms with van der Waals surface area (Å²) in [6, 6.07) is 8.99. The zero-order chi connectivity index (χ0) is 26.1. The van der Waals surface area contributed by atoms with Crippen LogP contribution in [0, 0.1) is 5.82 Å². The van der Waals surface area contributed by atoms with E-state index in [1.807, 2.05) is 18.2 Å². The van der Waals surface area contributed by atoms with Crippen LogP contribution in [0.2, 0.25) is 0 Å². The van der Waals surface area contributed by atoms with Crippen LogP contribution < -0.4 is 5.32 Å². The molecule has 0 radical (unpaired) electrons. The van der Waals surface area contributed by atoms with Gasteiger partial charge in [0.25, 0.3) is 0 Å². The van der Waals surface area contributed by atoms with Crippen molar-refractivity contribution in [2.24, 2.45) is 0 Å². The lowest BCUT2D eigenvalue weighted by Crippen LogP contribution is -2.45. The molecule has 2 aromatic rings. The van der Waals surface area contributed by atoms with Crippen molar-refractivity contribution < 1.29 is 55.0 Å². The van der Waals surface area contributed by atoms with E-state index in [1.165, 1.54) is 12.1 Å². The van der Waals surface area contributed by atoms with Gasteiger partial charge in [-0.1, -0.05) is 12.1 Å². The molecular formula is C19H18BrF7N2O5. The molecule has 7 nitrogen and oxygen atoms in total. The normalized spacial score (nSPS) is 16.5. The van der Waals surface area contributed by atoms with Crippen LogP contribution in [-0.4, -0.2) is 59.0 Å². The van der Waals surface area contributed by atoms with Crippen molar-refractivity contribution in [3.8, 4) is 0 Å². The molecule has 3 rings (SSSR count). The molecule has 0 bridgehead atoms. The fourth-order valence-corrected chi connectivity index (χ4v) is 2.93. The quantitative estimate of drug-likeness (QED) is 0.467. The summed E-state index contributed by atoms with van der Waals surface area (Å²) in [4.78, 5) is 20.1. The molecule has 15 heteroatoms. The van der Waals surface area contributed by atoms with E-state index in [9.17, 15) is 30.7 Å². The fourth-order valence-electron chi connectivity index (χ4n) is 2.59. The molecule has 1 aromatic heterocycles. The topological polar surface area (TPSA) is 103 Å². The average Bonchev–Trinajstić information content (AvgIpc) is 3.13. The number of carboxylic acids is 2. The van der Waals surface area contributed by atoms with E-state index in [0.717, 1.165) is 42.0 Å². The molecule has 3 N–H and O–H groups in total. The molecule has 0 saturated carbocycles. The van der Waals surface area contributed by atoms with Gasteiger partial charge >= 0.3 is 24.3 Å². The predicted molar refractivity (Wildman–Crippen MR) is 106 cm³/mol. The first kappa shape index (κ1) is 29.4. The van der Waals surface area contributed by atoms with Crippen LogP contribution in [0.3, 0.4) is 0 Å². The van der Waals surface area contributed by atoms with Gasteiger partial charge in [-0.2, -0.15) is 26.3 Å². The van der Waals surface area contributed by atoms with E-state index in [-0.39, 0.29) is 11.9 Å². The third-order valence-corrected chi connectivity index (χ3v) is 4.49. The van der Waals surface area contributed by atoms with Gasteiger partial charge in [-0.05, 0) is 39.7 Å². The first-order chi connectivity index (χ1) is 15.6. The van der Waals surface area contributed by atoms with E-state index in [2.05, 4.69) is 26.1 Å². The van der Waals surface area contributed by atoms with E-state index in [4.69, 9.17) is 24.2 Å². The summed E-state index contributed by atoms with van der Waals surface area (Å²) in [5.74, 6) is -4.77. The Balaban J connectivity index is 0.000000343. The van der Waals surface area contributed by atoms with Gasteiger partial charge in [0.15, 0.2) is 0 Å². The van der Waals surface area contributed by atoms with Gasteiger partial charge in [-0.25, -0.2) is 14.0 Å². The van der Waals surface area contributed by atoms with Gasteiger partial charge in [0.1, 0.15) is 17.8 Å². The standard InChI is InChI=1S/C15H16BrFN2O.2C2HF3O2/c16-12-7-14(20-10-12)9-19-6-5-18-8-15(19)11-1-3-13(17)4-2-11;2*3-2(4,5)1(6)7/h1-4,7,10,15,18H,5-6,8-9H2;2*(H,6,7)/t15-;;/m1../s1. The monoisotopic (exact) mass is 566 g/mol. The molecule has 0 amide bonds. The lowest BCUT2D eigenvalue weighted by molar-refractivity contribution is -0.193. The molecule has 190 valence electrons. The highest BCUT2D eigenvalue weighted by atomic mass is 79.9. The molecular weight excluding hydrogens is 549 g/mol. The summed E-state index contributed by atoms with van der Waals surface area (Å²) in [5.41, 5.74) is 1.13. The number of benzene rings is 1. The third-order valence-electron chi connectivity index (χ3n) is 4.07. The molecule has 1 aliphatic rings. The number of alkyl halides is 6. The number of halogens is 8. The van der Waals surface area contributed by atoms with E-state index in [0.29, 0.717) is 0 Å². The van der Waals surface area contributed by atoms with Crippen LogP contribution in [-0.2, 0) is 16.1 Å². The van der Waals surface area contributed by atoms with Crippen LogP contribution in [0.15, 0.2) is 45.5 Å². The van der Waals surface area contributed by atoms with Crippen LogP contribution >= 0.6 is 15.9 Å². The first-order valence-electron chi connectivity index (χ1n) is 9.14. The van der Waals surface area contributed by atoms with Crippen LogP contribution in [0.4, 0.5) is 30.7 Å². The average molecular weight is 567 g/mol. The summed E-state index contributed by atoms with van der Waals surface area (Å²) in [6.45, 7) is 3.53. The highest BCUT2D eigenvalue weighted by Gasteiger charge is 2.38. The van der Waals surface area contributed by atoms with Crippen molar-refractivity contribution in [3.63, 3.8) is 0 Å². The highest BCUT2D eigenvalue weighted by Crippen LogP contribution is 2.25. The molecule has 34 heavy (non-hydrogen) atoms. The lowest BCUT2D eigenvalue weighted by Gasteiger charge is -2.36. The number of carboxylic acid groups (broad SMARTS) is 2. The SMILES string of the molecule is Fc1ccc([C@H]2CNCCN2Cc2cc(Br)co2)cc1.O=C(O)C(F)(F)F.O=C(O)C(F)(F)F.